The third-order valence-electron chi connectivity index (χ3n) is 9.11. The Labute approximate surface area is 279 Å². The van der Waals surface area contributed by atoms with Crippen molar-refractivity contribution in [1.29, 1.82) is 0 Å². The molecule has 3 heterocycles. The molecular weight excluding hydrogens is 607 g/mol. The molecule has 0 aliphatic rings. The van der Waals surface area contributed by atoms with Crippen LogP contribution in [0, 0.1) is 0 Å². The SMILES string of the molecule is c1ccc(-c2nc(-c3ccc4c(c3)oc3ccc(-c5ccc6ccccc6c5)cc34)nc(-c3ccc4sc5ccccc5c4c3)n2)cc1. The van der Waals surface area contributed by atoms with Gasteiger partial charge in [-0.2, -0.15) is 0 Å². The first-order valence-corrected chi connectivity index (χ1v) is 16.7. The highest BCUT2D eigenvalue weighted by Crippen LogP contribution is 2.38. The van der Waals surface area contributed by atoms with Crippen LogP contribution in [0.5, 0.6) is 0 Å². The molecule has 7 aromatic carbocycles. The molecule has 224 valence electrons. The van der Waals surface area contributed by atoms with Crippen LogP contribution in [0.1, 0.15) is 0 Å². The van der Waals surface area contributed by atoms with Gasteiger partial charge in [0.1, 0.15) is 11.2 Å². The Morgan fingerprint density at radius 1 is 0.354 bits per heavy atom. The summed E-state index contributed by atoms with van der Waals surface area (Å²) in [4.78, 5) is 15.0. The van der Waals surface area contributed by atoms with Gasteiger partial charge >= 0.3 is 0 Å². The molecule has 48 heavy (non-hydrogen) atoms. The summed E-state index contributed by atoms with van der Waals surface area (Å²) in [6.07, 6.45) is 0. The Kier molecular flexibility index (Phi) is 6.01. The largest absolute Gasteiger partial charge is 0.456 e. The summed E-state index contributed by atoms with van der Waals surface area (Å²) in [6, 6.07) is 52.9. The van der Waals surface area contributed by atoms with Crippen LogP contribution in [-0.2, 0) is 0 Å². The molecule has 0 radical (unpaired) electrons. The summed E-state index contributed by atoms with van der Waals surface area (Å²) in [5.74, 6) is 1.88. The van der Waals surface area contributed by atoms with Crippen molar-refractivity contribution in [3.8, 4) is 45.3 Å². The lowest BCUT2D eigenvalue weighted by Gasteiger charge is -2.09. The zero-order valence-electron chi connectivity index (χ0n) is 25.6. The average molecular weight is 632 g/mol. The Hall–Kier alpha value is -6.17. The van der Waals surface area contributed by atoms with Crippen LogP contribution in [0.3, 0.4) is 0 Å². The van der Waals surface area contributed by atoms with Crippen molar-refractivity contribution in [3.05, 3.63) is 152 Å². The molecule has 0 aliphatic heterocycles. The van der Waals surface area contributed by atoms with Crippen molar-refractivity contribution in [2.24, 2.45) is 0 Å². The van der Waals surface area contributed by atoms with Crippen molar-refractivity contribution in [2.45, 2.75) is 0 Å². The van der Waals surface area contributed by atoms with Crippen LogP contribution in [0.15, 0.2) is 156 Å². The van der Waals surface area contributed by atoms with Gasteiger partial charge in [-0.1, -0.05) is 97.1 Å². The topological polar surface area (TPSA) is 51.8 Å². The van der Waals surface area contributed by atoms with Gasteiger partial charge in [0.2, 0.25) is 0 Å². The van der Waals surface area contributed by atoms with Crippen LogP contribution in [0.2, 0.25) is 0 Å². The number of nitrogens with zero attached hydrogens (tertiary/aromatic N) is 3. The third kappa shape index (κ3) is 4.48. The molecule has 0 atom stereocenters. The van der Waals surface area contributed by atoms with Crippen molar-refractivity contribution < 1.29 is 4.42 Å². The van der Waals surface area contributed by atoms with Crippen LogP contribution in [0.25, 0.3) is 98.2 Å². The number of hydrogen-bond acceptors (Lipinski definition) is 5. The lowest BCUT2D eigenvalue weighted by molar-refractivity contribution is 0.669. The van der Waals surface area contributed by atoms with Gasteiger partial charge < -0.3 is 4.42 Å². The molecule has 0 unspecified atom stereocenters. The van der Waals surface area contributed by atoms with Gasteiger partial charge in [0.25, 0.3) is 0 Å². The van der Waals surface area contributed by atoms with Crippen LogP contribution in [-0.4, -0.2) is 15.0 Å². The maximum absolute atomic E-state index is 6.42. The summed E-state index contributed by atoms with van der Waals surface area (Å²) in [6.45, 7) is 0. The van der Waals surface area contributed by atoms with Gasteiger partial charge in [0.15, 0.2) is 17.5 Å². The quantitative estimate of drug-likeness (QED) is 0.194. The minimum Gasteiger partial charge on any atom is -0.456 e. The highest BCUT2D eigenvalue weighted by atomic mass is 32.1. The Morgan fingerprint density at radius 2 is 0.979 bits per heavy atom. The van der Waals surface area contributed by atoms with E-state index in [4.69, 9.17) is 19.4 Å². The van der Waals surface area contributed by atoms with Crippen LogP contribution in [0.4, 0.5) is 0 Å². The van der Waals surface area contributed by atoms with Gasteiger partial charge in [-0.15, -0.1) is 11.3 Å². The van der Waals surface area contributed by atoms with E-state index in [1.165, 1.54) is 36.5 Å². The predicted molar refractivity (Wildman–Crippen MR) is 199 cm³/mol. The van der Waals surface area contributed by atoms with E-state index in [1.807, 2.05) is 30.3 Å². The second-order valence-electron chi connectivity index (χ2n) is 12.1. The van der Waals surface area contributed by atoms with E-state index in [9.17, 15) is 0 Å². The number of benzene rings is 7. The number of thiophene rings is 1. The summed E-state index contributed by atoms with van der Waals surface area (Å²) in [7, 11) is 0. The number of hydrogen-bond donors (Lipinski definition) is 0. The molecule has 10 rings (SSSR count). The number of rotatable bonds is 4. The summed E-state index contributed by atoms with van der Waals surface area (Å²) >= 11 is 1.80. The maximum Gasteiger partial charge on any atom is 0.164 e. The van der Waals surface area contributed by atoms with E-state index in [2.05, 4.69) is 121 Å². The minimum atomic E-state index is 0.605. The zero-order chi connectivity index (χ0) is 31.6. The molecule has 0 saturated heterocycles. The van der Waals surface area contributed by atoms with Gasteiger partial charge in [0, 0.05) is 47.6 Å². The minimum absolute atomic E-state index is 0.605. The Bertz CT molecular complexity index is 2850. The second kappa shape index (κ2) is 10.7. The van der Waals surface area contributed by atoms with Gasteiger partial charge in [0.05, 0.1) is 0 Å². The first-order valence-electron chi connectivity index (χ1n) is 15.9. The summed E-state index contributed by atoms with van der Waals surface area (Å²) in [5, 5.41) is 7.07. The lowest BCUT2D eigenvalue weighted by Crippen LogP contribution is -2.00. The molecule has 0 saturated carbocycles. The van der Waals surface area contributed by atoms with E-state index in [0.717, 1.165) is 44.2 Å². The van der Waals surface area contributed by atoms with Crippen molar-refractivity contribution in [3.63, 3.8) is 0 Å². The predicted octanol–water partition coefficient (Wildman–Crippen LogP) is 12.0. The molecule has 0 N–H and O–H groups in total. The number of aromatic nitrogens is 3. The number of fused-ring (bicyclic) bond motifs is 7. The molecular formula is C43H25N3OS. The van der Waals surface area contributed by atoms with Crippen molar-refractivity contribution in [2.75, 3.05) is 0 Å². The molecule has 0 spiro atoms. The molecule has 5 heteroatoms. The molecule has 0 aliphatic carbocycles. The first-order chi connectivity index (χ1) is 23.7. The lowest BCUT2D eigenvalue weighted by atomic mass is 9.99. The first kappa shape index (κ1) is 27.0. The third-order valence-corrected chi connectivity index (χ3v) is 10.3. The highest BCUT2D eigenvalue weighted by Gasteiger charge is 2.16. The molecule has 0 amide bonds. The average Bonchev–Trinajstić information content (AvgIpc) is 3.72. The number of furan rings is 1. The molecule has 3 aromatic heterocycles. The van der Waals surface area contributed by atoms with E-state index in [-0.39, 0.29) is 0 Å². The molecule has 10 aromatic rings. The normalized spacial score (nSPS) is 11.8. The highest BCUT2D eigenvalue weighted by molar-refractivity contribution is 7.25. The van der Waals surface area contributed by atoms with E-state index >= 15 is 0 Å². The van der Waals surface area contributed by atoms with E-state index in [1.54, 1.807) is 11.3 Å². The Morgan fingerprint density at radius 3 is 1.85 bits per heavy atom. The molecule has 4 nitrogen and oxygen atoms in total. The molecule has 0 bridgehead atoms. The van der Waals surface area contributed by atoms with Gasteiger partial charge in [-0.05, 0) is 76.5 Å². The Balaban J connectivity index is 1.10. The maximum atomic E-state index is 6.42. The fourth-order valence-corrected chi connectivity index (χ4v) is 7.77. The van der Waals surface area contributed by atoms with Crippen LogP contribution < -0.4 is 0 Å². The van der Waals surface area contributed by atoms with Gasteiger partial charge in [-0.25, -0.2) is 15.0 Å². The fourth-order valence-electron chi connectivity index (χ4n) is 6.68. The van der Waals surface area contributed by atoms with E-state index in [0.29, 0.717) is 17.5 Å². The summed E-state index contributed by atoms with van der Waals surface area (Å²) in [5.41, 5.74) is 6.76. The second-order valence-corrected chi connectivity index (χ2v) is 13.2. The summed E-state index contributed by atoms with van der Waals surface area (Å²) < 4.78 is 8.94. The van der Waals surface area contributed by atoms with Gasteiger partial charge in [-0.3, -0.25) is 0 Å². The molecule has 0 fully saturated rings. The fraction of sp³-hybridized carbons (Fsp3) is 0. The van der Waals surface area contributed by atoms with Crippen molar-refractivity contribution >= 4 is 64.2 Å². The van der Waals surface area contributed by atoms with Crippen LogP contribution >= 0.6 is 11.3 Å². The monoisotopic (exact) mass is 631 g/mol. The zero-order valence-corrected chi connectivity index (χ0v) is 26.4. The standard InChI is InChI=1S/C43H25N3OS/c1-2-9-27(10-3-1)41-44-42(31-18-21-40-36(24-31)34-12-6-7-13-39(34)48-40)46-43(45-41)32-16-19-33-35-23-30(17-20-37(35)47-38(33)25-32)29-15-14-26-8-4-5-11-28(26)22-29/h1-25H. The van der Waals surface area contributed by atoms with E-state index < -0.39 is 0 Å². The smallest absolute Gasteiger partial charge is 0.164 e. The van der Waals surface area contributed by atoms with Crippen molar-refractivity contribution in [1.82, 2.24) is 15.0 Å².